The summed E-state index contributed by atoms with van der Waals surface area (Å²) in [6.07, 6.45) is 4.48. The second-order valence-electron chi connectivity index (χ2n) is 4.72. The standard InChI is InChI=1S/C14H17Cl2NO/c15-11-7-6-10(9-12(11)16)3-1-5-14(18)13-4-2-8-17-13/h6-7,9,13,17H,1-5,8H2/t13-/m0/s1. The van der Waals surface area contributed by atoms with E-state index in [1.807, 2.05) is 12.1 Å². The number of carbonyl (C=O) groups is 1. The predicted octanol–water partition coefficient (Wildman–Crippen LogP) is 3.64. The van der Waals surface area contributed by atoms with Crippen LogP contribution in [0.3, 0.4) is 0 Å². The Labute approximate surface area is 118 Å². The molecule has 18 heavy (non-hydrogen) atoms. The first-order valence-corrected chi connectivity index (χ1v) is 7.12. The number of ketones is 1. The van der Waals surface area contributed by atoms with E-state index < -0.39 is 0 Å². The van der Waals surface area contributed by atoms with E-state index in [4.69, 9.17) is 23.2 Å². The molecule has 0 unspecified atom stereocenters. The zero-order valence-electron chi connectivity index (χ0n) is 10.2. The molecule has 1 heterocycles. The van der Waals surface area contributed by atoms with Crippen LogP contribution in [0.4, 0.5) is 0 Å². The molecule has 0 radical (unpaired) electrons. The molecule has 0 amide bonds. The Bertz CT molecular complexity index is 428. The Morgan fingerprint density at radius 3 is 2.83 bits per heavy atom. The molecule has 1 atom stereocenters. The third kappa shape index (κ3) is 3.71. The fourth-order valence-corrected chi connectivity index (χ4v) is 2.62. The van der Waals surface area contributed by atoms with E-state index in [-0.39, 0.29) is 6.04 Å². The molecule has 1 aliphatic heterocycles. The summed E-state index contributed by atoms with van der Waals surface area (Å²) in [5.41, 5.74) is 1.14. The van der Waals surface area contributed by atoms with Crippen LogP contribution in [0.1, 0.15) is 31.2 Å². The Kier molecular flexibility index (Phi) is 5.04. The van der Waals surface area contributed by atoms with E-state index in [2.05, 4.69) is 5.32 Å². The number of benzene rings is 1. The molecule has 0 saturated carbocycles. The maximum Gasteiger partial charge on any atom is 0.149 e. The molecule has 98 valence electrons. The van der Waals surface area contributed by atoms with Gasteiger partial charge in [-0.25, -0.2) is 0 Å². The van der Waals surface area contributed by atoms with Crippen LogP contribution in [0.15, 0.2) is 18.2 Å². The molecular formula is C14H17Cl2NO. The highest BCUT2D eigenvalue weighted by Crippen LogP contribution is 2.23. The summed E-state index contributed by atoms with van der Waals surface area (Å²) in [6, 6.07) is 5.74. The number of rotatable bonds is 5. The van der Waals surface area contributed by atoms with Gasteiger partial charge in [-0.15, -0.1) is 0 Å². The van der Waals surface area contributed by atoms with Crippen molar-refractivity contribution in [3.8, 4) is 0 Å². The lowest BCUT2D eigenvalue weighted by molar-refractivity contribution is -0.120. The molecular weight excluding hydrogens is 269 g/mol. The quantitative estimate of drug-likeness (QED) is 0.895. The number of hydrogen-bond acceptors (Lipinski definition) is 2. The zero-order chi connectivity index (χ0) is 13.0. The van der Waals surface area contributed by atoms with Crippen molar-refractivity contribution in [3.05, 3.63) is 33.8 Å². The first kappa shape index (κ1) is 13.9. The van der Waals surface area contributed by atoms with Gasteiger partial charge >= 0.3 is 0 Å². The normalized spacial score (nSPS) is 19.1. The topological polar surface area (TPSA) is 29.1 Å². The molecule has 1 aromatic carbocycles. The number of Topliss-reactive ketones (excluding diaryl/α,β-unsaturated/α-hetero) is 1. The number of aryl methyl sites for hydroxylation is 1. The second-order valence-corrected chi connectivity index (χ2v) is 5.53. The van der Waals surface area contributed by atoms with Gasteiger partial charge in [0.1, 0.15) is 5.78 Å². The van der Waals surface area contributed by atoms with E-state index in [0.29, 0.717) is 22.2 Å². The minimum absolute atomic E-state index is 0.0961. The molecule has 1 N–H and O–H groups in total. The van der Waals surface area contributed by atoms with E-state index in [9.17, 15) is 4.79 Å². The summed E-state index contributed by atoms with van der Waals surface area (Å²) in [4.78, 5) is 11.8. The lowest BCUT2D eigenvalue weighted by atomic mass is 10.0. The number of halogens is 2. The van der Waals surface area contributed by atoms with E-state index in [0.717, 1.165) is 37.8 Å². The lowest BCUT2D eigenvalue weighted by Gasteiger charge is -2.08. The molecule has 0 bridgehead atoms. The SMILES string of the molecule is O=C(CCCc1ccc(Cl)c(Cl)c1)[C@@H]1CCCN1. The van der Waals surface area contributed by atoms with Crippen LogP contribution in [0, 0.1) is 0 Å². The van der Waals surface area contributed by atoms with Gasteiger partial charge in [-0.1, -0.05) is 29.3 Å². The minimum atomic E-state index is 0.0961. The monoisotopic (exact) mass is 285 g/mol. The van der Waals surface area contributed by atoms with Crippen LogP contribution in [0.25, 0.3) is 0 Å². The maximum absolute atomic E-state index is 11.8. The summed E-state index contributed by atoms with van der Waals surface area (Å²) in [5.74, 6) is 0.340. The fraction of sp³-hybridized carbons (Fsp3) is 0.500. The van der Waals surface area contributed by atoms with Crippen LogP contribution >= 0.6 is 23.2 Å². The number of nitrogens with one attached hydrogen (secondary N) is 1. The lowest BCUT2D eigenvalue weighted by Crippen LogP contribution is -2.30. The van der Waals surface area contributed by atoms with Crippen molar-refractivity contribution in [2.75, 3.05) is 6.54 Å². The average molecular weight is 286 g/mol. The maximum atomic E-state index is 11.8. The largest absolute Gasteiger partial charge is 0.307 e. The van der Waals surface area contributed by atoms with Crippen LogP contribution in [-0.2, 0) is 11.2 Å². The van der Waals surface area contributed by atoms with Gasteiger partial charge in [-0.3, -0.25) is 4.79 Å². The van der Waals surface area contributed by atoms with Crippen molar-refractivity contribution in [2.24, 2.45) is 0 Å². The average Bonchev–Trinajstić information content (AvgIpc) is 2.87. The van der Waals surface area contributed by atoms with Crippen LogP contribution < -0.4 is 5.32 Å². The van der Waals surface area contributed by atoms with E-state index in [1.54, 1.807) is 6.07 Å². The highest BCUT2D eigenvalue weighted by atomic mass is 35.5. The second kappa shape index (κ2) is 6.55. The summed E-state index contributed by atoms with van der Waals surface area (Å²) in [7, 11) is 0. The van der Waals surface area contributed by atoms with Crippen molar-refractivity contribution in [1.82, 2.24) is 5.32 Å². The van der Waals surface area contributed by atoms with Crippen molar-refractivity contribution in [3.63, 3.8) is 0 Å². The van der Waals surface area contributed by atoms with Crippen LogP contribution in [0.2, 0.25) is 10.0 Å². The third-order valence-corrected chi connectivity index (χ3v) is 4.06. The van der Waals surface area contributed by atoms with E-state index in [1.165, 1.54) is 0 Å². The van der Waals surface area contributed by atoms with Crippen molar-refractivity contribution < 1.29 is 4.79 Å². The highest BCUT2D eigenvalue weighted by molar-refractivity contribution is 6.42. The Morgan fingerprint density at radius 1 is 1.33 bits per heavy atom. The summed E-state index contributed by atoms with van der Waals surface area (Å²) in [6.45, 7) is 0.975. The zero-order valence-corrected chi connectivity index (χ0v) is 11.7. The molecule has 1 saturated heterocycles. The molecule has 2 rings (SSSR count). The summed E-state index contributed by atoms with van der Waals surface area (Å²) < 4.78 is 0. The van der Waals surface area contributed by atoms with Crippen LogP contribution in [-0.4, -0.2) is 18.4 Å². The van der Waals surface area contributed by atoms with E-state index >= 15 is 0 Å². The molecule has 1 aromatic rings. The molecule has 2 nitrogen and oxygen atoms in total. The Balaban J connectivity index is 1.77. The first-order valence-electron chi connectivity index (χ1n) is 6.37. The van der Waals surface area contributed by atoms with Crippen molar-refractivity contribution in [2.45, 2.75) is 38.1 Å². The van der Waals surface area contributed by atoms with Gasteiger partial charge in [0.25, 0.3) is 0 Å². The van der Waals surface area contributed by atoms with Gasteiger partial charge in [-0.05, 0) is 49.9 Å². The van der Waals surface area contributed by atoms with Gasteiger partial charge in [0.15, 0.2) is 0 Å². The number of hydrogen-bond donors (Lipinski definition) is 1. The van der Waals surface area contributed by atoms with Crippen molar-refractivity contribution >= 4 is 29.0 Å². The predicted molar refractivity (Wildman–Crippen MR) is 75.4 cm³/mol. The Hall–Kier alpha value is -0.570. The van der Waals surface area contributed by atoms with Crippen LogP contribution in [0.5, 0.6) is 0 Å². The molecule has 4 heteroatoms. The molecule has 0 spiro atoms. The van der Waals surface area contributed by atoms with Gasteiger partial charge in [-0.2, -0.15) is 0 Å². The first-order chi connectivity index (χ1) is 8.66. The number of carbonyl (C=O) groups excluding carboxylic acids is 1. The summed E-state index contributed by atoms with van der Waals surface area (Å²) in [5, 5.41) is 4.39. The smallest absolute Gasteiger partial charge is 0.149 e. The van der Waals surface area contributed by atoms with Gasteiger partial charge in [0, 0.05) is 6.42 Å². The third-order valence-electron chi connectivity index (χ3n) is 3.32. The van der Waals surface area contributed by atoms with Gasteiger partial charge in [0.05, 0.1) is 16.1 Å². The minimum Gasteiger partial charge on any atom is -0.307 e. The highest BCUT2D eigenvalue weighted by Gasteiger charge is 2.20. The fourth-order valence-electron chi connectivity index (χ4n) is 2.30. The Morgan fingerprint density at radius 2 is 2.17 bits per heavy atom. The van der Waals surface area contributed by atoms with Crippen molar-refractivity contribution in [1.29, 1.82) is 0 Å². The molecule has 1 aliphatic rings. The van der Waals surface area contributed by atoms with Gasteiger partial charge < -0.3 is 5.32 Å². The molecule has 1 fully saturated rings. The molecule has 0 aromatic heterocycles. The summed E-state index contributed by atoms with van der Waals surface area (Å²) >= 11 is 11.8. The van der Waals surface area contributed by atoms with Gasteiger partial charge in [0.2, 0.25) is 0 Å². The molecule has 0 aliphatic carbocycles.